The van der Waals surface area contributed by atoms with E-state index in [1.54, 1.807) is 12.1 Å². The fourth-order valence-electron chi connectivity index (χ4n) is 2.29. The molecule has 116 valence electrons. The number of hydrogen-bond donors (Lipinski definition) is 3. The number of nitrogens with one attached hydrogen (secondary N) is 2. The van der Waals surface area contributed by atoms with E-state index >= 15 is 0 Å². The Morgan fingerprint density at radius 3 is 2.64 bits per heavy atom. The van der Waals surface area contributed by atoms with Gasteiger partial charge in [-0.15, -0.1) is 0 Å². The molecule has 0 saturated heterocycles. The third-order valence-electron chi connectivity index (χ3n) is 3.47. The number of carbonyl (C=O) groups excluding carboxylic acids is 1. The molecule has 2 rings (SSSR count). The van der Waals surface area contributed by atoms with E-state index in [4.69, 9.17) is 0 Å². The average Bonchev–Trinajstić information content (AvgIpc) is 2.45. The molecule has 22 heavy (non-hydrogen) atoms. The molecule has 0 atom stereocenters. The minimum absolute atomic E-state index is 0.0842. The number of aryl methyl sites for hydroxylation is 1. The lowest BCUT2D eigenvalue weighted by atomic mass is 10.1. The second-order valence-corrected chi connectivity index (χ2v) is 6.09. The lowest BCUT2D eigenvalue weighted by Crippen LogP contribution is -2.10. The summed E-state index contributed by atoms with van der Waals surface area (Å²) >= 11 is 3.47. The Morgan fingerprint density at radius 2 is 1.95 bits per heavy atom. The smallest absolute Gasteiger partial charge is 0.221 e. The molecular weight excluding hydrogens is 344 g/mol. The first-order valence-electron chi connectivity index (χ1n) is 6.97. The predicted molar refractivity (Wildman–Crippen MR) is 93.4 cm³/mol. The molecule has 4 nitrogen and oxygen atoms in total. The number of aromatic hydroxyl groups is 1. The summed E-state index contributed by atoms with van der Waals surface area (Å²) in [7, 11) is 0. The molecule has 3 N–H and O–H groups in total. The Morgan fingerprint density at radius 1 is 1.23 bits per heavy atom. The van der Waals surface area contributed by atoms with Crippen LogP contribution in [-0.4, -0.2) is 11.0 Å². The number of phenols is 1. The molecule has 0 aliphatic carbocycles. The van der Waals surface area contributed by atoms with Crippen molar-refractivity contribution in [3.8, 4) is 5.75 Å². The number of phenolic OH excluding ortho intramolecular Hbond substituents is 1. The quantitative estimate of drug-likeness (QED) is 0.757. The van der Waals surface area contributed by atoms with Gasteiger partial charge in [-0.1, -0.05) is 22.0 Å². The molecule has 0 aliphatic rings. The summed E-state index contributed by atoms with van der Waals surface area (Å²) in [5.74, 6) is 0.152. The van der Waals surface area contributed by atoms with Crippen molar-refractivity contribution in [2.45, 2.75) is 27.3 Å². The molecule has 0 radical (unpaired) electrons. The summed E-state index contributed by atoms with van der Waals surface area (Å²) < 4.78 is 0.935. The number of hydrogen-bond acceptors (Lipinski definition) is 3. The SMILES string of the molecule is CC(=O)Nc1c(C)ccc(NCc2cc(O)ccc2Br)c1C. The highest BCUT2D eigenvalue weighted by atomic mass is 79.9. The topological polar surface area (TPSA) is 61.4 Å². The minimum atomic E-state index is -0.0842. The van der Waals surface area contributed by atoms with Gasteiger partial charge in [-0.3, -0.25) is 4.79 Å². The van der Waals surface area contributed by atoms with E-state index < -0.39 is 0 Å². The van der Waals surface area contributed by atoms with Crippen molar-refractivity contribution in [1.29, 1.82) is 0 Å². The van der Waals surface area contributed by atoms with Crippen LogP contribution in [0, 0.1) is 13.8 Å². The number of rotatable bonds is 4. The third kappa shape index (κ3) is 3.80. The zero-order valence-electron chi connectivity index (χ0n) is 12.8. The van der Waals surface area contributed by atoms with Crippen LogP contribution in [0.25, 0.3) is 0 Å². The zero-order chi connectivity index (χ0) is 16.3. The van der Waals surface area contributed by atoms with Gasteiger partial charge >= 0.3 is 0 Å². The van der Waals surface area contributed by atoms with Gasteiger partial charge in [0.2, 0.25) is 5.91 Å². The highest BCUT2D eigenvalue weighted by Gasteiger charge is 2.09. The fourth-order valence-corrected chi connectivity index (χ4v) is 2.68. The molecule has 0 aliphatic heterocycles. The number of halogens is 1. The molecule has 0 unspecified atom stereocenters. The van der Waals surface area contributed by atoms with E-state index in [1.807, 2.05) is 32.0 Å². The highest BCUT2D eigenvalue weighted by molar-refractivity contribution is 9.10. The Kier molecular flexibility index (Phi) is 5.08. The summed E-state index contributed by atoms with van der Waals surface area (Å²) in [6.07, 6.45) is 0. The average molecular weight is 363 g/mol. The van der Waals surface area contributed by atoms with E-state index in [0.717, 1.165) is 32.5 Å². The summed E-state index contributed by atoms with van der Waals surface area (Å²) in [6, 6.07) is 9.14. The van der Waals surface area contributed by atoms with Gasteiger partial charge in [-0.05, 0) is 54.8 Å². The zero-order valence-corrected chi connectivity index (χ0v) is 14.4. The van der Waals surface area contributed by atoms with Gasteiger partial charge in [0.15, 0.2) is 0 Å². The van der Waals surface area contributed by atoms with Crippen LogP contribution < -0.4 is 10.6 Å². The van der Waals surface area contributed by atoms with Crippen molar-refractivity contribution in [2.24, 2.45) is 0 Å². The van der Waals surface area contributed by atoms with Gasteiger partial charge in [0.25, 0.3) is 0 Å². The molecule has 0 spiro atoms. The first-order chi connectivity index (χ1) is 10.4. The second-order valence-electron chi connectivity index (χ2n) is 5.24. The van der Waals surface area contributed by atoms with Crippen LogP contribution in [-0.2, 0) is 11.3 Å². The van der Waals surface area contributed by atoms with Gasteiger partial charge < -0.3 is 15.7 Å². The lowest BCUT2D eigenvalue weighted by molar-refractivity contribution is -0.114. The van der Waals surface area contributed by atoms with Crippen LogP contribution in [0.3, 0.4) is 0 Å². The molecule has 0 fully saturated rings. The van der Waals surface area contributed by atoms with Crippen LogP contribution in [0.5, 0.6) is 5.75 Å². The van der Waals surface area contributed by atoms with Gasteiger partial charge in [0.05, 0.1) is 0 Å². The molecular formula is C17H19BrN2O2. The van der Waals surface area contributed by atoms with E-state index in [0.29, 0.717) is 6.54 Å². The summed E-state index contributed by atoms with van der Waals surface area (Å²) in [6.45, 7) is 6.01. The van der Waals surface area contributed by atoms with Crippen LogP contribution >= 0.6 is 15.9 Å². The van der Waals surface area contributed by atoms with Gasteiger partial charge in [0.1, 0.15) is 5.75 Å². The minimum Gasteiger partial charge on any atom is -0.508 e. The Bertz CT molecular complexity index is 714. The van der Waals surface area contributed by atoms with E-state index in [2.05, 4.69) is 26.6 Å². The first-order valence-corrected chi connectivity index (χ1v) is 7.77. The Hall–Kier alpha value is -2.01. The predicted octanol–water partition coefficient (Wildman–Crippen LogP) is 4.34. The maximum absolute atomic E-state index is 11.3. The maximum Gasteiger partial charge on any atom is 0.221 e. The van der Waals surface area contributed by atoms with Crippen molar-refractivity contribution in [2.75, 3.05) is 10.6 Å². The number of benzene rings is 2. The van der Waals surface area contributed by atoms with Crippen molar-refractivity contribution in [3.63, 3.8) is 0 Å². The summed E-state index contributed by atoms with van der Waals surface area (Å²) in [5.41, 5.74) is 4.77. The first kappa shape index (κ1) is 16.4. The van der Waals surface area contributed by atoms with Gasteiger partial charge in [-0.2, -0.15) is 0 Å². The van der Waals surface area contributed by atoms with Gasteiger partial charge in [-0.25, -0.2) is 0 Å². The molecule has 2 aromatic carbocycles. The molecule has 0 saturated carbocycles. The maximum atomic E-state index is 11.3. The molecule has 5 heteroatoms. The van der Waals surface area contributed by atoms with Crippen LogP contribution in [0.2, 0.25) is 0 Å². The van der Waals surface area contributed by atoms with Crippen molar-refractivity contribution in [1.82, 2.24) is 0 Å². The Balaban J connectivity index is 2.23. The van der Waals surface area contributed by atoms with E-state index in [-0.39, 0.29) is 11.7 Å². The van der Waals surface area contributed by atoms with Crippen LogP contribution in [0.1, 0.15) is 23.6 Å². The van der Waals surface area contributed by atoms with Crippen molar-refractivity contribution < 1.29 is 9.90 Å². The Labute approximate surface area is 138 Å². The van der Waals surface area contributed by atoms with Gasteiger partial charge in [0, 0.05) is 29.3 Å². The molecule has 1 amide bonds. The largest absolute Gasteiger partial charge is 0.508 e. The fraction of sp³-hybridized carbons (Fsp3) is 0.235. The normalized spacial score (nSPS) is 10.4. The monoisotopic (exact) mass is 362 g/mol. The van der Waals surface area contributed by atoms with Crippen molar-refractivity contribution >= 4 is 33.2 Å². The van der Waals surface area contributed by atoms with Crippen molar-refractivity contribution in [3.05, 3.63) is 51.5 Å². The number of amides is 1. The number of anilines is 2. The second kappa shape index (κ2) is 6.83. The molecule has 0 heterocycles. The lowest BCUT2D eigenvalue weighted by Gasteiger charge is -2.16. The molecule has 0 aromatic heterocycles. The molecule has 2 aromatic rings. The standard InChI is InChI=1S/C17H19BrN2O2/c1-10-4-7-16(11(2)17(10)20-12(3)21)19-9-13-8-14(22)5-6-15(13)18/h4-8,19,22H,9H2,1-3H3,(H,20,21). The number of carbonyl (C=O) groups is 1. The third-order valence-corrected chi connectivity index (χ3v) is 4.25. The highest BCUT2D eigenvalue weighted by Crippen LogP contribution is 2.29. The molecule has 0 bridgehead atoms. The summed E-state index contributed by atoms with van der Waals surface area (Å²) in [4.78, 5) is 11.3. The van der Waals surface area contributed by atoms with Crippen LogP contribution in [0.4, 0.5) is 11.4 Å². The van der Waals surface area contributed by atoms with E-state index in [1.165, 1.54) is 6.92 Å². The van der Waals surface area contributed by atoms with E-state index in [9.17, 15) is 9.90 Å². The summed E-state index contributed by atoms with van der Waals surface area (Å²) in [5, 5.41) is 15.8. The van der Waals surface area contributed by atoms with Crippen LogP contribution in [0.15, 0.2) is 34.8 Å².